The van der Waals surface area contributed by atoms with E-state index >= 15 is 0 Å². The molecule has 0 aromatic heterocycles. The molecule has 0 saturated heterocycles. The second-order valence-electron chi connectivity index (χ2n) is 8.37. The predicted octanol–water partition coefficient (Wildman–Crippen LogP) is 0.211. The summed E-state index contributed by atoms with van der Waals surface area (Å²) in [5.74, 6) is 0. The van der Waals surface area contributed by atoms with Crippen LogP contribution in [0.3, 0.4) is 0 Å². The number of rotatable bonds is 3. The number of allylic oxidation sites excluding steroid dienone is 4. The first-order valence-corrected chi connectivity index (χ1v) is 12.8. The summed E-state index contributed by atoms with van der Waals surface area (Å²) in [6.45, 7) is 6.87. The molecule has 3 aromatic rings. The second-order valence-corrected chi connectivity index (χ2v) is 12.6. The molecule has 0 amide bonds. The Morgan fingerprint density at radius 1 is 0.839 bits per heavy atom. The van der Waals surface area contributed by atoms with Crippen LogP contribution in [0, 0.1) is 13.8 Å². The van der Waals surface area contributed by atoms with Crippen molar-refractivity contribution in [3.63, 3.8) is 0 Å². The molecule has 0 aliphatic heterocycles. The van der Waals surface area contributed by atoms with Crippen LogP contribution in [0.2, 0.25) is 0 Å². The Morgan fingerprint density at radius 3 is 2.29 bits per heavy atom. The molecule has 0 heterocycles. The van der Waals surface area contributed by atoms with Gasteiger partial charge in [-0.15, -0.1) is 0 Å². The molecule has 2 aliphatic rings. The summed E-state index contributed by atoms with van der Waals surface area (Å²) in [4.78, 5) is 0. The molecule has 0 fully saturated rings. The third-order valence-electron chi connectivity index (χ3n) is 6.26. The first-order valence-electron chi connectivity index (χ1n) is 10.5. The number of aryl methyl sites for hydroxylation is 2. The zero-order valence-corrected chi connectivity index (χ0v) is 21.2. The molecule has 3 heteroatoms. The van der Waals surface area contributed by atoms with Crippen LogP contribution in [0.25, 0.3) is 11.1 Å². The Labute approximate surface area is 204 Å². The zero-order chi connectivity index (χ0) is 20.0. The summed E-state index contributed by atoms with van der Waals surface area (Å²) >= 11 is -1.83. The number of benzene rings is 3. The van der Waals surface area contributed by atoms with Gasteiger partial charge in [-0.2, -0.15) is 0 Å². The van der Waals surface area contributed by atoms with Gasteiger partial charge in [0.2, 0.25) is 0 Å². The fraction of sp³-hybridized carbons (Fsp3) is 0.179. The third-order valence-corrected chi connectivity index (χ3v) is 11.0. The average molecular weight is 481 g/mol. The standard InChI is InChI=1S/C15H13.C8H8.C5H5.2ClH.Ti/c1-10-3-5-12-9-13-6-4-11(2)8-15(13)14(12)7-10;1-2-8-6-4-3-5-7-8;1-2-4-5-3-1;;;/h3-5,7-8H,9H2,1-2H3;3-7H,1H3;1-3H,4H2;2*1H;/q;;;;;+2/p-2. The summed E-state index contributed by atoms with van der Waals surface area (Å²) in [5, 5.41) is 0. The van der Waals surface area contributed by atoms with Gasteiger partial charge in [-0.1, -0.05) is 0 Å². The summed E-state index contributed by atoms with van der Waals surface area (Å²) in [7, 11) is 0. The van der Waals surface area contributed by atoms with Crippen molar-refractivity contribution >= 4 is 7.68 Å². The van der Waals surface area contributed by atoms with E-state index in [1.54, 1.807) is 17.1 Å². The first-order chi connectivity index (χ1) is 14.1. The number of fused-ring (bicyclic) bond motifs is 3. The van der Waals surface area contributed by atoms with E-state index in [0.717, 1.165) is 12.8 Å². The van der Waals surface area contributed by atoms with Gasteiger partial charge in [-0.25, -0.2) is 0 Å². The van der Waals surface area contributed by atoms with Crippen molar-refractivity contribution in [2.24, 2.45) is 0 Å². The van der Waals surface area contributed by atoms with Gasteiger partial charge in [0, 0.05) is 0 Å². The van der Waals surface area contributed by atoms with Crippen molar-refractivity contribution in [1.29, 1.82) is 0 Å². The molecule has 0 bridgehead atoms. The molecule has 0 saturated carbocycles. The topological polar surface area (TPSA) is 0 Å². The van der Waals surface area contributed by atoms with Gasteiger partial charge in [0.05, 0.1) is 0 Å². The van der Waals surface area contributed by atoms with Crippen molar-refractivity contribution < 1.29 is 42.2 Å². The number of hydrogen-bond donors (Lipinski definition) is 0. The summed E-state index contributed by atoms with van der Waals surface area (Å²) < 4.78 is 4.94. The fourth-order valence-electron chi connectivity index (χ4n) is 4.84. The Balaban J connectivity index is 0.00000136. The molecule has 31 heavy (non-hydrogen) atoms. The Bertz CT molecular complexity index is 1220. The van der Waals surface area contributed by atoms with Gasteiger partial charge in [0.25, 0.3) is 0 Å². The van der Waals surface area contributed by atoms with Crippen molar-refractivity contribution in [1.82, 2.24) is 0 Å². The molecule has 0 radical (unpaired) electrons. The summed E-state index contributed by atoms with van der Waals surface area (Å²) in [5.41, 5.74) is 10.2. The second kappa shape index (κ2) is 9.84. The molecule has 5 rings (SSSR count). The van der Waals surface area contributed by atoms with Crippen LogP contribution in [0.5, 0.6) is 0 Å². The van der Waals surface area contributed by atoms with Gasteiger partial charge in [-0.3, -0.25) is 0 Å². The van der Waals surface area contributed by atoms with Crippen LogP contribution in [-0.2, 0) is 23.8 Å². The quantitative estimate of drug-likeness (QED) is 0.368. The van der Waals surface area contributed by atoms with E-state index in [-0.39, 0.29) is 24.8 Å². The fourth-order valence-corrected chi connectivity index (χ4v) is 9.78. The van der Waals surface area contributed by atoms with E-state index in [4.69, 9.17) is 0 Å². The van der Waals surface area contributed by atoms with Crippen molar-refractivity contribution in [2.45, 2.75) is 33.6 Å². The molecule has 0 spiro atoms. The van der Waals surface area contributed by atoms with E-state index in [1.807, 2.05) is 0 Å². The first kappa shape index (κ1) is 24.0. The minimum atomic E-state index is -1.83. The summed E-state index contributed by atoms with van der Waals surface area (Å²) in [6, 6.07) is 23.0. The predicted molar refractivity (Wildman–Crippen MR) is 122 cm³/mol. The minimum absolute atomic E-state index is 0. The Hall–Kier alpha value is -1.70. The molecule has 0 nitrogen and oxygen atoms in total. The molecule has 0 unspecified atom stereocenters. The molecular formula is C28H26Cl2Ti. The van der Waals surface area contributed by atoms with Crippen LogP contribution in [-0.4, -0.2) is 3.81 Å². The van der Waals surface area contributed by atoms with E-state index in [2.05, 4.69) is 99.7 Å². The van der Waals surface area contributed by atoms with Crippen LogP contribution in [0.15, 0.2) is 82.8 Å². The Morgan fingerprint density at radius 2 is 1.58 bits per heavy atom. The van der Waals surface area contributed by atoms with E-state index in [0.29, 0.717) is 0 Å². The van der Waals surface area contributed by atoms with Crippen molar-refractivity contribution in [3.05, 3.63) is 111 Å². The third kappa shape index (κ3) is 4.45. The SMILES string of the molecule is C/[C](c1ccccc1)=[Ti+2](\[C]1=CC=CC1)[c]1cc(C)cc2c1Cc1ccc(C)cc1-2.[Cl-].[Cl-]. The van der Waals surface area contributed by atoms with Gasteiger partial charge in [-0.05, 0) is 0 Å². The van der Waals surface area contributed by atoms with Crippen LogP contribution < -0.4 is 28.7 Å². The van der Waals surface area contributed by atoms with Crippen LogP contribution in [0.1, 0.15) is 41.2 Å². The largest absolute Gasteiger partial charge is 1.00 e. The van der Waals surface area contributed by atoms with Crippen LogP contribution in [0.4, 0.5) is 0 Å². The summed E-state index contributed by atoms with van der Waals surface area (Å²) in [6.07, 6.45) is 9.19. The van der Waals surface area contributed by atoms with Crippen molar-refractivity contribution in [3.8, 4) is 11.1 Å². The molecule has 0 atom stereocenters. The average Bonchev–Trinajstić information content (AvgIpc) is 3.37. The van der Waals surface area contributed by atoms with E-state index in [1.165, 1.54) is 33.4 Å². The van der Waals surface area contributed by atoms with Crippen LogP contribution >= 0.6 is 0 Å². The minimum Gasteiger partial charge on any atom is -1.00 e. The van der Waals surface area contributed by atoms with Gasteiger partial charge in [0.1, 0.15) is 0 Å². The molecule has 156 valence electrons. The Kier molecular flexibility index (Phi) is 7.61. The number of halogens is 2. The normalized spacial score (nSPS) is 13.5. The van der Waals surface area contributed by atoms with E-state index < -0.39 is 17.4 Å². The number of hydrogen-bond acceptors (Lipinski definition) is 0. The zero-order valence-electron chi connectivity index (χ0n) is 18.2. The smallest absolute Gasteiger partial charge is 1.00 e. The van der Waals surface area contributed by atoms with E-state index in [9.17, 15) is 0 Å². The maximum atomic E-state index is 2.51. The molecule has 0 N–H and O–H groups in total. The molecule has 2 aliphatic carbocycles. The molecule has 3 aromatic carbocycles. The maximum absolute atomic E-state index is 2.51. The molecular weight excluding hydrogens is 455 g/mol. The van der Waals surface area contributed by atoms with Gasteiger partial charge in [0.15, 0.2) is 0 Å². The van der Waals surface area contributed by atoms with Gasteiger partial charge < -0.3 is 24.8 Å². The monoisotopic (exact) mass is 480 g/mol. The van der Waals surface area contributed by atoms with Gasteiger partial charge >= 0.3 is 180 Å². The maximum Gasteiger partial charge on any atom is -1.00 e. The van der Waals surface area contributed by atoms with Crippen molar-refractivity contribution in [2.75, 3.05) is 0 Å².